The Bertz CT molecular complexity index is 876. The van der Waals surface area contributed by atoms with E-state index in [4.69, 9.17) is 13.7 Å². The lowest BCUT2D eigenvalue weighted by atomic mass is 10.1. The molecule has 0 bridgehead atoms. The number of unbranched alkanes of at least 4 members (excludes halogenated alkanes) is 27. The molecule has 0 aliphatic heterocycles. The lowest BCUT2D eigenvalue weighted by Gasteiger charge is -2.02. The van der Waals surface area contributed by atoms with Gasteiger partial charge in [0, 0.05) is 0 Å². The molecule has 12 nitrogen and oxygen atoms in total. The van der Waals surface area contributed by atoms with Crippen LogP contribution in [0.1, 0.15) is 213 Å². The van der Waals surface area contributed by atoms with Gasteiger partial charge in [-0.3, -0.25) is 13.7 Å². The van der Waals surface area contributed by atoms with Gasteiger partial charge in [0.1, 0.15) is 0 Å². The van der Waals surface area contributed by atoms with Crippen LogP contribution in [0.3, 0.4) is 0 Å². The minimum Gasteiger partial charge on any atom is -0.264 e. The highest BCUT2D eigenvalue weighted by atomic mass is 32.3. The number of hydrogen-bond acceptors (Lipinski definition) is 9. The fourth-order valence-electron chi connectivity index (χ4n) is 5.26. The molecule has 0 aromatic heterocycles. The smallest absolute Gasteiger partial charge is 0.264 e. The molecule has 0 radical (unpaired) electrons. The minimum atomic E-state index is -4.23. The number of rotatable bonds is 36. The van der Waals surface area contributed by atoms with Gasteiger partial charge >= 0.3 is 31.2 Å². The van der Waals surface area contributed by atoms with Gasteiger partial charge < -0.3 is 0 Å². The molecule has 0 atom stereocenters. The molecule has 0 aliphatic carbocycles. The first kappa shape index (κ1) is 55.0. The summed E-state index contributed by atoms with van der Waals surface area (Å²) in [5.41, 5.74) is 0. The van der Waals surface area contributed by atoms with Crippen molar-refractivity contribution in [1.29, 1.82) is 0 Å². The highest BCUT2D eigenvalue weighted by Gasteiger charge is 2.04. The molecule has 0 saturated carbocycles. The van der Waals surface area contributed by atoms with Crippen LogP contribution < -0.4 is 0 Å². The maximum Gasteiger partial charge on any atom is 0.397 e. The summed E-state index contributed by atoms with van der Waals surface area (Å²) in [5.74, 6) is 0. The van der Waals surface area contributed by atoms with Crippen molar-refractivity contribution in [3.8, 4) is 0 Å². The third-order valence-electron chi connectivity index (χ3n) is 8.19. The van der Waals surface area contributed by atoms with Gasteiger partial charge in [-0.2, -0.15) is 25.3 Å². The average molecular weight is 799 g/mol. The van der Waals surface area contributed by atoms with Crippen molar-refractivity contribution in [2.75, 3.05) is 19.8 Å². The standard InChI is InChI=1S/3C12H26O4S/c3*1-2-3-4-5-6-7-8-9-10-11-12-16-17(13,14)15/h3*2-12H2,1H3,(H,13,14,15). The first-order valence-electron chi connectivity index (χ1n) is 20.0. The Hall–Kier alpha value is -0.390. The summed E-state index contributed by atoms with van der Waals surface area (Å²) in [6, 6.07) is 0. The van der Waals surface area contributed by atoms with E-state index in [1.165, 1.54) is 135 Å². The third kappa shape index (κ3) is 64.9. The van der Waals surface area contributed by atoms with E-state index >= 15 is 0 Å². The zero-order valence-corrected chi connectivity index (χ0v) is 35.0. The van der Waals surface area contributed by atoms with Crippen LogP contribution in [-0.2, 0) is 43.7 Å². The van der Waals surface area contributed by atoms with E-state index in [0.717, 1.165) is 38.5 Å². The fourth-order valence-corrected chi connectivity index (χ4v) is 6.25. The molecule has 0 heterocycles. The van der Waals surface area contributed by atoms with Crippen LogP contribution in [0.15, 0.2) is 0 Å². The number of hydrogen-bond donors (Lipinski definition) is 3. The van der Waals surface area contributed by atoms with E-state index in [-0.39, 0.29) is 19.8 Å². The van der Waals surface area contributed by atoms with Crippen molar-refractivity contribution in [3.05, 3.63) is 0 Å². The zero-order chi connectivity index (χ0) is 39.0. The fraction of sp³-hybridized carbons (Fsp3) is 1.00. The van der Waals surface area contributed by atoms with Gasteiger partial charge in [0.15, 0.2) is 0 Å². The third-order valence-corrected chi connectivity index (χ3v) is 9.58. The predicted octanol–water partition coefficient (Wildman–Crippen LogP) is 11.2. The molecule has 0 amide bonds. The van der Waals surface area contributed by atoms with Crippen molar-refractivity contribution in [2.45, 2.75) is 213 Å². The molecule has 0 aliphatic rings. The van der Waals surface area contributed by atoms with Gasteiger partial charge in [0.25, 0.3) is 0 Å². The van der Waals surface area contributed by atoms with Gasteiger partial charge in [0.2, 0.25) is 0 Å². The quantitative estimate of drug-likeness (QED) is 0.0402. The Morgan fingerprint density at radius 2 is 0.412 bits per heavy atom. The molecule has 0 unspecified atom stereocenters. The van der Waals surface area contributed by atoms with E-state index in [1.54, 1.807) is 0 Å². The molecular formula is C36H78O12S3. The van der Waals surface area contributed by atoms with Crippen LogP contribution in [0.2, 0.25) is 0 Å². The van der Waals surface area contributed by atoms with Crippen LogP contribution >= 0.6 is 0 Å². The Kier molecular flexibility index (Phi) is 43.9. The van der Waals surface area contributed by atoms with Crippen molar-refractivity contribution >= 4 is 31.2 Å². The topological polar surface area (TPSA) is 191 Å². The minimum absolute atomic E-state index is 0.0926. The average Bonchev–Trinajstić information content (AvgIpc) is 3.04. The van der Waals surface area contributed by atoms with Crippen LogP contribution in [0.5, 0.6) is 0 Å². The van der Waals surface area contributed by atoms with Crippen molar-refractivity contribution in [3.63, 3.8) is 0 Å². The summed E-state index contributed by atoms with van der Waals surface area (Å²) in [6.07, 6.45) is 35.6. The van der Waals surface area contributed by atoms with E-state index in [9.17, 15) is 25.3 Å². The largest absolute Gasteiger partial charge is 0.397 e. The maximum atomic E-state index is 10.2. The lowest BCUT2D eigenvalue weighted by Crippen LogP contribution is -2.04. The Morgan fingerprint density at radius 3 is 0.549 bits per heavy atom. The second kappa shape index (κ2) is 40.8. The van der Waals surface area contributed by atoms with Gasteiger partial charge in [-0.25, -0.2) is 12.5 Å². The van der Waals surface area contributed by atoms with Crippen molar-refractivity contribution in [2.24, 2.45) is 0 Å². The summed E-state index contributed by atoms with van der Waals surface area (Å²) >= 11 is 0. The maximum absolute atomic E-state index is 10.2. The molecule has 0 aromatic rings. The molecule has 0 fully saturated rings. The predicted molar refractivity (Wildman–Crippen MR) is 208 cm³/mol. The first-order chi connectivity index (χ1) is 24.2. The summed E-state index contributed by atoms with van der Waals surface area (Å²) < 4.78 is 99.0. The lowest BCUT2D eigenvalue weighted by molar-refractivity contribution is 0.260. The molecular weight excluding hydrogens is 721 g/mol. The van der Waals surface area contributed by atoms with Crippen LogP contribution in [-0.4, -0.2) is 58.7 Å². The van der Waals surface area contributed by atoms with Crippen LogP contribution in [0.4, 0.5) is 0 Å². The Balaban J connectivity index is -0.000000678. The van der Waals surface area contributed by atoms with E-state index in [2.05, 4.69) is 33.3 Å². The van der Waals surface area contributed by atoms with Crippen LogP contribution in [0, 0.1) is 0 Å². The molecule has 0 aromatic carbocycles. The monoisotopic (exact) mass is 798 g/mol. The molecule has 51 heavy (non-hydrogen) atoms. The zero-order valence-electron chi connectivity index (χ0n) is 32.6. The molecule has 0 rings (SSSR count). The Morgan fingerprint density at radius 1 is 0.275 bits per heavy atom. The van der Waals surface area contributed by atoms with E-state index in [0.29, 0.717) is 19.3 Å². The van der Waals surface area contributed by atoms with Crippen LogP contribution in [0.25, 0.3) is 0 Å². The Labute approximate surface area is 314 Å². The highest BCUT2D eigenvalue weighted by Crippen LogP contribution is 2.13. The molecule has 0 saturated heterocycles. The molecule has 312 valence electrons. The molecule has 15 heteroatoms. The van der Waals surface area contributed by atoms with E-state index in [1.807, 2.05) is 0 Å². The second-order valence-corrected chi connectivity index (χ2v) is 16.6. The van der Waals surface area contributed by atoms with E-state index < -0.39 is 31.2 Å². The van der Waals surface area contributed by atoms with Gasteiger partial charge in [-0.05, 0) is 19.3 Å². The van der Waals surface area contributed by atoms with Gasteiger partial charge in [-0.1, -0.05) is 194 Å². The molecule has 0 spiro atoms. The summed E-state index contributed by atoms with van der Waals surface area (Å²) in [6.45, 7) is 6.93. The van der Waals surface area contributed by atoms with Gasteiger partial charge in [-0.15, -0.1) is 0 Å². The highest BCUT2D eigenvalue weighted by molar-refractivity contribution is 7.81. The normalized spacial score (nSPS) is 11.9. The summed E-state index contributed by atoms with van der Waals surface area (Å²) in [7, 11) is -12.7. The summed E-state index contributed by atoms with van der Waals surface area (Å²) in [5, 5.41) is 0. The molecule has 3 N–H and O–H groups in total. The van der Waals surface area contributed by atoms with Crippen molar-refractivity contribution in [1.82, 2.24) is 0 Å². The SMILES string of the molecule is CCCCCCCCCCCCOS(=O)(=O)O.CCCCCCCCCCCCOS(=O)(=O)O.CCCCCCCCCCCCOS(=O)(=O)O. The summed E-state index contributed by atoms with van der Waals surface area (Å²) in [4.78, 5) is 0. The van der Waals surface area contributed by atoms with Crippen molar-refractivity contribution < 1.29 is 51.5 Å². The first-order valence-corrected chi connectivity index (χ1v) is 24.1. The second-order valence-electron chi connectivity index (χ2n) is 13.3. The van der Waals surface area contributed by atoms with Gasteiger partial charge in [0.05, 0.1) is 19.8 Å².